The van der Waals surface area contributed by atoms with Gasteiger partial charge in [0.1, 0.15) is 12.9 Å². The van der Waals surface area contributed by atoms with Gasteiger partial charge in [-0.1, -0.05) is 29.3 Å². The van der Waals surface area contributed by atoms with Crippen molar-refractivity contribution in [2.24, 2.45) is 0 Å². The third-order valence-corrected chi connectivity index (χ3v) is 2.81. The van der Waals surface area contributed by atoms with E-state index in [1.54, 1.807) is 25.1 Å². The van der Waals surface area contributed by atoms with Crippen molar-refractivity contribution >= 4 is 23.2 Å². The predicted octanol–water partition coefficient (Wildman–Crippen LogP) is 3.04. The van der Waals surface area contributed by atoms with Crippen LogP contribution in [0.3, 0.4) is 0 Å². The van der Waals surface area contributed by atoms with Gasteiger partial charge in [-0.2, -0.15) is 0 Å². The number of ether oxygens (including phenoxy) is 2. The van der Waals surface area contributed by atoms with E-state index in [2.05, 4.69) is 0 Å². The van der Waals surface area contributed by atoms with Crippen LogP contribution >= 0.6 is 23.2 Å². The molecule has 3 nitrogen and oxygen atoms in total. The van der Waals surface area contributed by atoms with Crippen molar-refractivity contribution < 1.29 is 14.6 Å². The van der Waals surface area contributed by atoms with Crippen LogP contribution in [0.1, 0.15) is 18.6 Å². The Morgan fingerprint density at radius 2 is 2.00 bits per heavy atom. The van der Waals surface area contributed by atoms with Crippen LogP contribution < -0.4 is 0 Å². The standard InChI is InChI=1S/C11H14Cl2O3/c1-7(14)11(16-6-15-2)8-3-4-9(12)10(13)5-8/h3-5,7,11,14H,6H2,1-2H3/t7-,11+/m1/s1. The highest BCUT2D eigenvalue weighted by atomic mass is 35.5. The van der Waals surface area contributed by atoms with Gasteiger partial charge in [0.15, 0.2) is 0 Å². The maximum absolute atomic E-state index is 9.60. The van der Waals surface area contributed by atoms with Crippen molar-refractivity contribution in [1.82, 2.24) is 0 Å². The lowest BCUT2D eigenvalue weighted by Crippen LogP contribution is -2.19. The fraction of sp³-hybridized carbons (Fsp3) is 0.455. The molecule has 0 aromatic heterocycles. The van der Waals surface area contributed by atoms with Gasteiger partial charge in [0.25, 0.3) is 0 Å². The summed E-state index contributed by atoms with van der Waals surface area (Å²) in [5, 5.41) is 10.5. The van der Waals surface area contributed by atoms with Gasteiger partial charge < -0.3 is 14.6 Å². The van der Waals surface area contributed by atoms with Crippen LogP contribution in [0.5, 0.6) is 0 Å². The lowest BCUT2D eigenvalue weighted by Gasteiger charge is -2.20. The minimum atomic E-state index is -0.660. The van der Waals surface area contributed by atoms with Crippen molar-refractivity contribution in [3.63, 3.8) is 0 Å². The molecule has 1 rings (SSSR count). The second kappa shape index (κ2) is 6.42. The molecule has 0 bridgehead atoms. The van der Waals surface area contributed by atoms with Crippen LogP contribution in [0.4, 0.5) is 0 Å². The number of rotatable bonds is 5. The third kappa shape index (κ3) is 3.61. The average Bonchev–Trinajstić information content (AvgIpc) is 2.23. The van der Waals surface area contributed by atoms with Crippen molar-refractivity contribution in [1.29, 1.82) is 0 Å². The summed E-state index contributed by atoms with van der Waals surface area (Å²) >= 11 is 11.7. The van der Waals surface area contributed by atoms with Gasteiger partial charge in [0.05, 0.1) is 16.1 Å². The van der Waals surface area contributed by atoms with Gasteiger partial charge in [0.2, 0.25) is 0 Å². The van der Waals surface area contributed by atoms with Crippen LogP contribution in [0.15, 0.2) is 18.2 Å². The monoisotopic (exact) mass is 264 g/mol. The van der Waals surface area contributed by atoms with Crippen molar-refractivity contribution in [3.8, 4) is 0 Å². The maximum Gasteiger partial charge on any atom is 0.147 e. The molecule has 16 heavy (non-hydrogen) atoms. The first-order valence-corrected chi connectivity index (χ1v) is 5.55. The third-order valence-electron chi connectivity index (χ3n) is 2.08. The van der Waals surface area contributed by atoms with Crippen LogP contribution in [-0.4, -0.2) is 25.1 Å². The van der Waals surface area contributed by atoms with Gasteiger partial charge in [-0.15, -0.1) is 0 Å². The summed E-state index contributed by atoms with van der Waals surface area (Å²) in [6.07, 6.45) is -1.14. The number of aliphatic hydroxyl groups is 1. The molecule has 0 saturated carbocycles. The van der Waals surface area contributed by atoms with Crippen LogP contribution in [-0.2, 0) is 9.47 Å². The first kappa shape index (κ1) is 13.7. The second-order valence-corrected chi connectivity index (χ2v) is 4.22. The molecular formula is C11H14Cl2O3. The minimum absolute atomic E-state index is 0.107. The Kier molecular flexibility index (Phi) is 5.52. The molecule has 90 valence electrons. The molecule has 0 aliphatic heterocycles. The van der Waals surface area contributed by atoms with E-state index in [1.165, 1.54) is 7.11 Å². The lowest BCUT2D eigenvalue weighted by atomic mass is 10.1. The summed E-state index contributed by atoms with van der Waals surface area (Å²) in [6.45, 7) is 1.75. The van der Waals surface area contributed by atoms with Crippen molar-refractivity contribution in [2.45, 2.75) is 19.1 Å². The number of hydrogen-bond donors (Lipinski definition) is 1. The minimum Gasteiger partial charge on any atom is -0.390 e. The van der Waals surface area contributed by atoms with E-state index < -0.39 is 12.2 Å². The summed E-state index contributed by atoms with van der Waals surface area (Å²) in [5.74, 6) is 0. The molecule has 0 radical (unpaired) electrons. The number of halogens is 2. The molecule has 5 heteroatoms. The predicted molar refractivity (Wildman–Crippen MR) is 63.8 cm³/mol. The average molecular weight is 265 g/mol. The smallest absolute Gasteiger partial charge is 0.147 e. The Balaban J connectivity index is 2.88. The van der Waals surface area contributed by atoms with Gasteiger partial charge in [-0.25, -0.2) is 0 Å². The lowest BCUT2D eigenvalue weighted by molar-refractivity contribution is -0.110. The Hall–Kier alpha value is -0.320. The highest BCUT2D eigenvalue weighted by Gasteiger charge is 2.18. The SMILES string of the molecule is COCO[C@H](c1ccc(Cl)c(Cl)c1)[C@@H](C)O. The second-order valence-electron chi connectivity index (χ2n) is 3.41. The Labute approximate surface area is 105 Å². The Morgan fingerprint density at radius 1 is 1.31 bits per heavy atom. The quantitative estimate of drug-likeness (QED) is 0.831. The molecule has 0 fully saturated rings. The molecule has 1 aromatic carbocycles. The number of hydrogen-bond acceptors (Lipinski definition) is 3. The molecular weight excluding hydrogens is 251 g/mol. The van der Waals surface area contributed by atoms with Gasteiger partial charge in [-0.05, 0) is 24.6 Å². The van der Waals surface area contributed by atoms with Crippen molar-refractivity contribution in [3.05, 3.63) is 33.8 Å². The molecule has 0 saturated heterocycles. The summed E-state index contributed by atoms with van der Waals surface area (Å²) < 4.78 is 10.2. The Morgan fingerprint density at radius 3 is 2.50 bits per heavy atom. The fourth-order valence-electron chi connectivity index (χ4n) is 1.34. The van der Waals surface area contributed by atoms with E-state index in [0.29, 0.717) is 10.0 Å². The van der Waals surface area contributed by atoms with E-state index in [4.69, 9.17) is 32.7 Å². The van der Waals surface area contributed by atoms with Crippen LogP contribution in [0.25, 0.3) is 0 Å². The summed E-state index contributed by atoms with van der Waals surface area (Å²) in [7, 11) is 1.52. The molecule has 1 aromatic rings. The molecule has 0 spiro atoms. The van der Waals surface area contributed by atoms with E-state index >= 15 is 0 Å². The molecule has 0 heterocycles. The number of methoxy groups -OCH3 is 1. The van der Waals surface area contributed by atoms with Gasteiger partial charge >= 0.3 is 0 Å². The molecule has 0 amide bonds. The molecule has 1 N–H and O–H groups in total. The number of aliphatic hydroxyl groups excluding tert-OH is 1. The largest absolute Gasteiger partial charge is 0.390 e. The topological polar surface area (TPSA) is 38.7 Å². The zero-order chi connectivity index (χ0) is 12.1. The maximum atomic E-state index is 9.60. The van der Waals surface area contributed by atoms with E-state index in [1.807, 2.05) is 0 Å². The highest BCUT2D eigenvalue weighted by Crippen LogP contribution is 2.28. The van der Waals surface area contributed by atoms with Crippen LogP contribution in [0.2, 0.25) is 10.0 Å². The molecule has 0 unspecified atom stereocenters. The van der Waals surface area contributed by atoms with E-state index in [0.717, 1.165) is 5.56 Å². The Bertz CT molecular complexity index is 342. The highest BCUT2D eigenvalue weighted by molar-refractivity contribution is 6.42. The summed E-state index contributed by atoms with van der Waals surface area (Å²) in [4.78, 5) is 0. The first-order valence-electron chi connectivity index (χ1n) is 4.79. The number of benzene rings is 1. The summed E-state index contributed by atoms with van der Waals surface area (Å²) in [6, 6.07) is 5.11. The normalized spacial score (nSPS) is 14.8. The van der Waals surface area contributed by atoms with E-state index in [9.17, 15) is 5.11 Å². The molecule has 2 atom stereocenters. The molecule has 0 aliphatic rings. The van der Waals surface area contributed by atoms with Crippen molar-refractivity contribution in [2.75, 3.05) is 13.9 Å². The fourth-order valence-corrected chi connectivity index (χ4v) is 1.65. The van der Waals surface area contributed by atoms with Gasteiger partial charge in [-0.3, -0.25) is 0 Å². The zero-order valence-corrected chi connectivity index (χ0v) is 10.6. The van der Waals surface area contributed by atoms with Crippen LogP contribution in [0, 0.1) is 0 Å². The summed E-state index contributed by atoms with van der Waals surface area (Å²) in [5.41, 5.74) is 0.765. The van der Waals surface area contributed by atoms with Gasteiger partial charge in [0, 0.05) is 7.11 Å². The first-order chi connectivity index (χ1) is 7.56. The zero-order valence-electron chi connectivity index (χ0n) is 9.11. The van der Waals surface area contributed by atoms with E-state index in [-0.39, 0.29) is 6.79 Å². The molecule has 0 aliphatic carbocycles.